The van der Waals surface area contributed by atoms with Crippen LogP contribution in [0.15, 0.2) is 24.3 Å². The Morgan fingerprint density at radius 3 is 2.59 bits per heavy atom. The Balaban J connectivity index is 0.00000176. The average Bonchev–Trinajstić information content (AvgIpc) is 2.86. The standard InChI is InChI=1S/C17H24N2O2.ClH/c1-21-12-13-3-2-4-14(9-13)17(20)19-7-5-15-10-18-11-16(15)6-8-19;/h2-4,9,15-16,18H,5-8,10-12H2,1H3;1H/t15-,16+;. The van der Waals surface area contributed by atoms with Gasteiger partial charge in [-0.3, -0.25) is 4.79 Å². The molecule has 1 N–H and O–H groups in total. The smallest absolute Gasteiger partial charge is 0.253 e. The van der Waals surface area contributed by atoms with Crippen LogP contribution < -0.4 is 5.32 Å². The lowest BCUT2D eigenvalue weighted by Crippen LogP contribution is -2.32. The number of hydrogen-bond donors (Lipinski definition) is 1. The van der Waals surface area contributed by atoms with E-state index in [4.69, 9.17) is 4.74 Å². The summed E-state index contributed by atoms with van der Waals surface area (Å²) in [5.74, 6) is 1.67. The zero-order valence-electron chi connectivity index (χ0n) is 13.1. The fourth-order valence-electron chi connectivity index (χ4n) is 3.56. The minimum atomic E-state index is 0. The van der Waals surface area contributed by atoms with Crippen LogP contribution in [0.2, 0.25) is 0 Å². The van der Waals surface area contributed by atoms with Gasteiger partial charge in [-0.25, -0.2) is 0 Å². The van der Waals surface area contributed by atoms with Crippen LogP contribution >= 0.6 is 12.4 Å². The number of nitrogens with zero attached hydrogens (tertiary/aromatic N) is 1. The molecule has 0 spiro atoms. The van der Waals surface area contributed by atoms with E-state index in [2.05, 4.69) is 5.32 Å². The molecule has 3 rings (SSSR count). The number of nitrogens with one attached hydrogen (secondary N) is 1. The molecule has 2 atom stereocenters. The molecular weight excluding hydrogens is 300 g/mol. The summed E-state index contributed by atoms with van der Waals surface area (Å²) >= 11 is 0. The number of hydrogen-bond acceptors (Lipinski definition) is 3. The number of carbonyl (C=O) groups excluding carboxylic acids is 1. The lowest BCUT2D eigenvalue weighted by molar-refractivity contribution is 0.0758. The number of likely N-dealkylation sites (tertiary alicyclic amines) is 1. The molecule has 0 unspecified atom stereocenters. The molecule has 0 radical (unpaired) electrons. The van der Waals surface area contributed by atoms with Gasteiger partial charge in [-0.05, 0) is 55.5 Å². The highest BCUT2D eigenvalue weighted by molar-refractivity contribution is 5.94. The van der Waals surface area contributed by atoms with Crippen LogP contribution in [-0.4, -0.2) is 44.1 Å². The van der Waals surface area contributed by atoms with Crippen molar-refractivity contribution in [3.05, 3.63) is 35.4 Å². The monoisotopic (exact) mass is 324 g/mol. The molecule has 0 aliphatic carbocycles. The summed E-state index contributed by atoms with van der Waals surface area (Å²) in [4.78, 5) is 14.7. The van der Waals surface area contributed by atoms with E-state index < -0.39 is 0 Å². The van der Waals surface area contributed by atoms with E-state index in [1.807, 2.05) is 29.2 Å². The number of benzene rings is 1. The van der Waals surface area contributed by atoms with Gasteiger partial charge in [0.1, 0.15) is 0 Å². The van der Waals surface area contributed by atoms with E-state index in [0.29, 0.717) is 6.61 Å². The molecule has 0 saturated carbocycles. The van der Waals surface area contributed by atoms with E-state index in [-0.39, 0.29) is 18.3 Å². The van der Waals surface area contributed by atoms with Crippen molar-refractivity contribution in [2.45, 2.75) is 19.4 Å². The van der Waals surface area contributed by atoms with Gasteiger partial charge >= 0.3 is 0 Å². The molecule has 1 aromatic carbocycles. The third-order valence-electron chi connectivity index (χ3n) is 4.79. The first-order valence-corrected chi connectivity index (χ1v) is 7.86. The number of rotatable bonds is 3. The quantitative estimate of drug-likeness (QED) is 0.928. The third-order valence-corrected chi connectivity index (χ3v) is 4.79. The predicted octanol–water partition coefficient (Wildman–Crippen LogP) is 2.33. The lowest BCUT2D eigenvalue weighted by atomic mass is 9.92. The Kier molecular flexibility index (Phi) is 6.24. The first kappa shape index (κ1) is 17.3. The summed E-state index contributed by atoms with van der Waals surface area (Å²) in [7, 11) is 1.68. The second-order valence-electron chi connectivity index (χ2n) is 6.18. The minimum Gasteiger partial charge on any atom is -0.380 e. The van der Waals surface area contributed by atoms with Gasteiger partial charge in [0, 0.05) is 25.8 Å². The van der Waals surface area contributed by atoms with Crippen LogP contribution in [-0.2, 0) is 11.3 Å². The largest absolute Gasteiger partial charge is 0.380 e. The van der Waals surface area contributed by atoms with E-state index in [9.17, 15) is 4.79 Å². The van der Waals surface area contributed by atoms with E-state index in [0.717, 1.165) is 62.0 Å². The molecule has 5 heteroatoms. The summed E-state index contributed by atoms with van der Waals surface area (Å²) in [5, 5.41) is 3.47. The first-order valence-electron chi connectivity index (χ1n) is 7.86. The zero-order valence-corrected chi connectivity index (χ0v) is 13.9. The zero-order chi connectivity index (χ0) is 14.7. The van der Waals surface area contributed by atoms with Crippen LogP contribution in [0.1, 0.15) is 28.8 Å². The average molecular weight is 325 g/mol. The summed E-state index contributed by atoms with van der Waals surface area (Å²) < 4.78 is 5.15. The molecule has 1 aromatic rings. The van der Waals surface area contributed by atoms with E-state index in [1.54, 1.807) is 7.11 Å². The van der Waals surface area contributed by atoms with Crippen molar-refractivity contribution in [2.75, 3.05) is 33.3 Å². The van der Waals surface area contributed by atoms with Gasteiger partial charge in [0.25, 0.3) is 5.91 Å². The van der Waals surface area contributed by atoms with Crippen molar-refractivity contribution in [1.82, 2.24) is 10.2 Å². The number of ether oxygens (including phenoxy) is 1. The Bertz CT molecular complexity index is 495. The molecular formula is C17H25ClN2O2. The number of halogens is 1. The SMILES string of the molecule is COCc1cccc(C(=O)N2CC[C@@H]3CNC[C@@H]3CC2)c1.Cl. The third kappa shape index (κ3) is 3.80. The van der Waals surface area contributed by atoms with Crippen molar-refractivity contribution in [3.8, 4) is 0 Å². The molecule has 22 heavy (non-hydrogen) atoms. The number of amides is 1. The molecule has 2 aliphatic rings. The van der Waals surface area contributed by atoms with Crippen LogP contribution in [0.25, 0.3) is 0 Å². The topological polar surface area (TPSA) is 41.6 Å². The van der Waals surface area contributed by atoms with Crippen molar-refractivity contribution in [1.29, 1.82) is 0 Å². The fraction of sp³-hybridized carbons (Fsp3) is 0.588. The first-order chi connectivity index (χ1) is 10.3. The highest BCUT2D eigenvalue weighted by atomic mass is 35.5. The lowest BCUT2D eigenvalue weighted by Gasteiger charge is -2.21. The Hall–Kier alpha value is -1.10. The maximum Gasteiger partial charge on any atom is 0.253 e. The van der Waals surface area contributed by atoms with Crippen LogP contribution in [0.5, 0.6) is 0 Å². The van der Waals surface area contributed by atoms with Crippen LogP contribution in [0.4, 0.5) is 0 Å². The number of fused-ring (bicyclic) bond motifs is 1. The molecule has 0 aromatic heterocycles. The van der Waals surface area contributed by atoms with E-state index in [1.165, 1.54) is 0 Å². The van der Waals surface area contributed by atoms with Gasteiger partial charge in [0.15, 0.2) is 0 Å². The maximum absolute atomic E-state index is 12.7. The Labute approximate surface area is 138 Å². The molecule has 2 saturated heterocycles. The second kappa shape index (κ2) is 7.95. The number of methoxy groups -OCH3 is 1. The molecule has 4 nitrogen and oxygen atoms in total. The van der Waals surface area contributed by atoms with E-state index >= 15 is 0 Å². The van der Waals surface area contributed by atoms with Gasteiger partial charge < -0.3 is 15.0 Å². The van der Waals surface area contributed by atoms with Gasteiger partial charge in [-0.1, -0.05) is 12.1 Å². The van der Waals surface area contributed by atoms with Crippen molar-refractivity contribution >= 4 is 18.3 Å². The number of carbonyl (C=O) groups is 1. The van der Waals surface area contributed by atoms with Crippen LogP contribution in [0.3, 0.4) is 0 Å². The molecule has 2 aliphatic heterocycles. The normalized spacial score (nSPS) is 24.3. The van der Waals surface area contributed by atoms with Crippen molar-refractivity contribution in [3.63, 3.8) is 0 Å². The minimum absolute atomic E-state index is 0. The Morgan fingerprint density at radius 1 is 1.27 bits per heavy atom. The predicted molar refractivity (Wildman–Crippen MR) is 89.4 cm³/mol. The maximum atomic E-state index is 12.7. The van der Waals surface area contributed by atoms with Crippen molar-refractivity contribution in [2.24, 2.45) is 11.8 Å². The van der Waals surface area contributed by atoms with Gasteiger partial charge in [0.2, 0.25) is 0 Å². The molecule has 1 amide bonds. The summed E-state index contributed by atoms with van der Waals surface area (Å²) in [6, 6.07) is 7.81. The molecule has 122 valence electrons. The summed E-state index contributed by atoms with van der Waals surface area (Å²) in [5.41, 5.74) is 1.84. The fourth-order valence-corrected chi connectivity index (χ4v) is 3.56. The summed E-state index contributed by atoms with van der Waals surface area (Å²) in [6.45, 7) is 4.56. The van der Waals surface area contributed by atoms with Crippen molar-refractivity contribution < 1.29 is 9.53 Å². The second-order valence-corrected chi connectivity index (χ2v) is 6.18. The molecule has 2 fully saturated rings. The van der Waals surface area contributed by atoms with Crippen LogP contribution in [0, 0.1) is 11.8 Å². The highest BCUT2D eigenvalue weighted by Crippen LogP contribution is 2.27. The summed E-state index contributed by atoms with van der Waals surface area (Å²) in [6.07, 6.45) is 2.25. The van der Waals surface area contributed by atoms with Gasteiger partial charge in [-0.15, -0.1) is 12.4 Å². The van der Waals surface area contributed by atoms with Gasteiger partial charge in [0.05, 0.1) is 6.61 Å². The Morgan fingerprint density at radius 2 is 1.95 bits per heavy atom. The molecule has 2 heterocycles. The van der Waals surface area contributed by atoms with Gasteiger partial charge in [-0.2, -0.15) is 0 Å². The highest BCUT2D eigenvalue weighted by Gasteiger charge is 2.31. The molecule has 0 bridgehead atoms.